The summed E-state index contributed by atoms with van der Waals surface area (Å²) in [6.45, 7) is 6.78. The molecule has 3 aromatic rings. The van der Waals surface area contributed by atoms with Gasteiger partial charge in [-0.05, 0) is 55.5 Å². The number of carboxylic acids is 1. The molecule has 40 heavy (non-hydrogen) atoms. The third-order valence-corrected chi connectivity index (χ3v) is 5.65. The number of carbonyl (C=O) groups is 3. The highest BCUT2D eigenvalue weighted by Crippen LogP contribution is 2.19. The molecule has 3 aromatic carbocycles. The quantitative estimate of drug-likeness (QED) is 0.147. The summed E-state index contributed by atoms with van der Waals surface area (Å²) in [5, 5.41) is 21.0. The van der Waals surface area contributed by atoms with E-state index in [2.05, 4.69) is 36.5 Å². The van der Waals surface area contributed by atoms with E-state index in [-0.39, 0.29) is 23.8 Å². The smallest absolute Gasteiger partial charge is 0.339 e. The van der Waals surface area contributed by atoms with E-state index >= 15 is 0 Å². The molecule has 0 radical (unpaired) electrons. The van der Waals surface area contributed by atoms with Crippen molar-refractivity contribution in [3.05, 3.63) is 113 Å². The van der Waals surface area contributed by atoms with Crippen molar-refractivity contribution < 1.29 is 24.6 Å². The molecule has 0 aliphatic heterocycles. The minimum atomic E-state index is -1.20. The van der Waals surface area contributed by atoms with Crippen molar-refractivity contribution >= 4 is 18.3 Å². The fraction of sp³-hybridized carbons (Fsp3) is 0.303. The normalized spacial score (nSPS) is 9.60. The van der Waals surface area contributed by atoms with E-state index in [4.69, 9.17) is 5.11 Å². The average Bonchev–Trinajstić information content (AvgIpc) is 2.95. The van der Waals surface area contributed by atoms with Crippen LogP contribution in [-0.4, -0.2) is 40.4 Å². The summed E-state index contributed by atoms with van der Waals surface area (Å²) in [5.41, 5.74) is 3.92. The van der Waals surface area contributed by atoms with Gasteiger partial charge in [0.05, 0.1) is 0 Å². The maximum atomic E-state index is 11.7. The summed E-state index contributed by atoms with van der Waals surface area (Å²) < 4.78 is 0. The topological polar surface area (TPSA) is 107 Å². The third kappa shape index (κ3) is 14.5. The molecule has 0 saturated carbocycles. The van der Waals surface area contributed by atoms with Crippen LogP contribution in [0.1, 0.15) is 67.1 Å². The van der Waals surface area contributed by atoms with Gasteiger partial charge in [0.1, 0.15) is 11.3 Å². The van der Waals surface area contributed by atoms with E-state index in [1.807, 2.05) is 50.2 Å². The van der Waals surface area contributed by atoms with Gasteiger partial charge in [-0.1, -0.05) is 92.1 Å². The van der Waals surface area contributed by atoms with Gasteiger partial charge in [-0.15, -0.1) is 0 Å². The number of hydrogen-bond acceptors (Lipinski definition) is 4. The standard InChI is InChI=1S/C14H17NO4.C13H19NO.C6H6/c1-9(2)6-13(17)15(3)8-10-4-5-12(16)11(7-10)14(18)19;1-2-3-4-5-12-6-8-13(9-7-12)10-14-11-15;1-2-4-6-5-3-1/h4-7,16H,8H2,1-3H3,(H,18,19);6-9,11H,2-5,10H2,1H3,(H,14,15);1-6H. The van der Waals surface area contributed by atoms with Crippen LogP contribution in [0.2, 0.25) is 0 Å². The van der Waals surface area contributed by atoms with Crippen LogP contribution in [0.4, 0.5) is 0 Å². The first-order chi connectivity index (χ1) is 19.2. The highest BCUT2D eigenvalue weighted by molar-refractivity contribution is 5.91. The van der Waals surface area contributed by atoms with Gasteiger partial charge in [0, 0.05) is 26.2 Å². The molecule has 3 rings (SSSR count). The number of unbranched alkanes of at least 4 members (excludes halogenated alkanes) is 2. The van der Waals surface area contributed by atoms with E-state index in [9.17, 15) is 19.5 Å². The van der Waals surface area contributed by atoms with Gasteiger partial charge in [-0.25, -0.2) is 4.79 Å². The molecular weight excluding hydrogens is 504 g/mol. The van der Waals surface area contributed by atoms with Gasteiger partial charge >= 0.3 is 5.97 Å². The van der Waals surface area contributed by atoms with E-state index < -0.39 is 5.97 Å². The zero-order chi connectivity index (χ0) is 29.8. The maximum Gasteiger partial charge on any atom is 0.339 e. The number of hydrogen-bond donors (Lipinski definition) is 3. The first kappa shape index (κ1) is 33.6. The van der Waals surface area contributed by atoms with E-state index in [0.29, 0.717) is 12.1 Å². The van der Waals surface area contributed by atoms with Crippen LogP contribution in [0.25, 0.3) is 0 Å². The molecule has 0 heterocycles. The lowest BCUT2D eigenvalue weighted by molar-refractivity contribution is -0.125. The van der Waals surface area contributed by atoms with Crippen LogP contribution < -0.4 is 5.32 Å². The molecule has 0 spiro atoms. The molecule has 0 unspecified atom stereocenters. The highest BCUT2D eigenvalue weighted by atomic mass is 16.4. The molecule has 0 atom stereocenters. The van der Waals surface area contributed by atoms with E-state index in [1.165, 1.54) is 47.9 Å². The number of allylic oxidation sites excluding steroid dienone is 1. The number of phenols is 1. The Morgan fingerprint density at radius 2 is 1.43 bits per heavy atom. The molecule has 0 fully saturated rings. The van der Waals surface area contributed by atoms with E-state index in [0.717, 1.165) is 24.0 Å². The van der Waals surface area contributed by atoms with Crippen molar-refractivity contribution in [3.63, 3.8) is 0 Å². The number of carbonyl (C=O) groups excluding carboxylic acids is 2. The summed E-state index contributed by atoms with van der Waals surface area (Å²) in [4.78, 5) is 34.2. The number of aromatic hydroxyl groups is 1. The largest absolute Gasteiger partial charge is 0.507 e. The number of benzene rings is 3. The molecule has 0 aliphatic carbocycles. The van der Waals surface area contributed by atoms with E-state index in [1.54, 1.807) is 13.1 Å². The summed E-state index contributed by atoms with van der Waals surface area (Å²) >= 11 is 0. The SMILES string of the molecule is CC(C)=CC(=O)N(C)Cc1ccc(O)c(C(=O)O)c1.CCCCCc1ccc(CNC=O)cc1.c1ccccc1. The Kier molecular flexibility index (Phi) is 16.5. The Balaban J connectivity index is 0.000000336. The zero-order valence-electron chi connectivity index (χ0n) is 24.0. The minimum Gasteiger partial charge on any atom is -0.507 e. The van der Waals surface area contributed by atoms with Crippen molar-refractivity contribution in [2.75, 3.05) is 7.05 Å². The van der Waals surface area contributed by atoms with Crippen molar-refractivity contribution in [1.82, 2.24) is 10.2 Å². The van der Waals surface area contributed by atoms with Gasteiger partial charge in [-0.3, -0.25) is 9.59 Å². The first-order valence-corrected chi connectivity index (χ1v) is 13.4. The minimum absolute atomic E-state index is 0.148. The second kappa shape index (κ2) is 19.6. The Hall–Kier alpha value is -4.39. The summed E-state index contributed by atoms with van der Waals surface area (Å²) in [5.74, 6) is -1.63. The number of amides is 2. The number of nitrogens with zero attached hydrogens (tertiary/aromatic N) is 1. The Labute approximate surface area is 238 Å². The predicted octanol–water partition coefficient (Wildman–Crippen LogP) is 6.37. The van der Waals surface area contributed by atoms with Crippen molar-refractivity contribution in [3.8, 4) is 5.75 Å². The first-order valence-electron chi connectivity index (χ1n) is 13.4. The lowest BCUT2D eigenvalue weighted by Crippen LogP contribution is -2.24. The van der Waals surface area contributed by atoms with Gasteiger partial charge in [0.25, 0.3) is 0 Å². The van der Waals surface area contributed by atoms with Crippen LogP contribution in [0.5, 0.6) is 5.75 Å². The second-order valence-electron chi connectivity index (χ2n) is 9.50. The number of aromatic carboxylic acids is 1. The third-order valence-electron chi connectivity index (χ3n) is 5.65. The van der Waals surface area contributed by atoms with Crippen LogP contribution in [-0.2, 0) is 29.1 Å². The molecule has 0 saturated heterocycles. The molecule has 7 nitrogen and oxygen atoms in total. The number of nitrogens with one attached hydrogen (secondary N) is 1. The van der Waals surface area contributed by atoms with Crippen molar-refractivity contribution in [1.29, 1.82) is 0 Å². The molecule has 0 aromatic heterocycles. The Morgan fingerprint density at radius 1 is 0.875 bits per heavy atom. The lowest BCUT2D eigenvalue weighted by Gasteiger charge is -2.16. The molecule has 214 valence electrons. The Morgan fingerprint density at radius 3 is 1.93 bits per heavy atom. The maximum absolute atomic E-state index is 11.7. The molecular formula is C33H42N2O5. The average molecular weight is 547 g/mol. The van der Waals surface area contributed by atoms with Gasteiger partial charge in [-0.2, -0.15) is 0 Å². The van der Waals surface area contributed by atoms with Gasteiger partial charge < -0.3 is 20.4 Å². The lowest BCUT2D eigenvalue weighted by atomic mass is 10.1. The molecule has 0 aliphatic rings. The highest BCUT2D eigenvalue weighted by Gasteiger charge is 2.12. The fourth-order valence-electron chi connectivity index (χ4n) is 3.51. The predicted molar refractivity (Wildman–Crippen MR) is 160 cm³/mol. The van der Waals surface area contributed by atoms with Crippen LogP contribution >= 0.6 is 0 Å². The summed E-state index contributed by atoms with van der Waals surface area (Å²) in [6.07, 6.45) is 7.24. The number of likely N-dealkylation sites (N-methyl/N-ethyl adjacent to an activating group) is 1. The second-order valence-corrected chi connectivity index (χ2v) is 9.50. The number of aryl methyl sites for hydroxylation is 1. The molecule has 3 N–H and O–H groups in total. The van der Waals surface area contributed by atoms with Crippen molar-refractivity contribution in [2.24, 2.45) is 0 Å². The zero-order valence-corrected chi connectivity index (χ0v) is 24.0. The number of rotatable bonds is 11. The van der Waals surface area contributed by atoms with Crippen LogP contribution in [0, 0.1) is 0 Å². The van der Waals surface area contributed by atoms with Crippen molar-refractivity contribution in [2.45, 2.75) is 59.5 Å². The molecule has 2 amide bonds. The summed E-state index contributed by atoms with van der Waals surface area (Å²) in [6, 6.07) is 24.7. The Bertz CT molecular complexity index is 1160. The molecule has 7 heteroatoms. The van der Waals surface area contributed by atoms with Gasteiger partial charge in [0.15, 0.2) is 0 Å². The van der Waals surface area contributed by atoms with Crippen LogP contribution in [0.15, 0.2) is 90.5 Å². The number of carboxylic acid groups (broad SMARTS) is 1. The van der Waals surface area contributed by atoms with Gasteiger partial charge in [0.2, 0.25) is 12.3 Å². The summed E-state index contributed by atoms with van der Waals surface area (Å²) in [7, 11) is 1.63. The monoisotopic (exact) mass is 546 g/mol. The fourth-order valence-corrected chi connectivity index (χ4v) is 3.51. The van der Waals surface area contributed by atoms with Crippen LogP contribution in [0.3, 0.4) is 0 Å². The molecule has 0 bridgehead atoms.